The average molecular weight is 716 g/mol. The van der Waals surface area contributed by atoms with Gasteiger partial charge in [-0.15, -0.1) is 0 Å². The first-order chi connectivity index (χ1) is 23.6. The molecule has 0 radical (unpaired) electrons. The van der Waals surface area contributed by atoms with Gasteiger partial charge in [-0.1, -0.05) is 141 Å². The molecule has 0 amide bonds. The van der Waals surface area contributed by atoms with E-state index in [0.717, 1.165) is 38.5 Å². The van der Waals surface area contributed by atoms with Crippen LogP contribution < -0.4 is 4.89 Å². The molecule has 0 aromatic heterocycles. The molecule has 0 N–H and O–H groups in total. The van der Waals surface area contributed by atoms with Crippen LogP contribution in [0.2, 0.25) is 0 Å². The number of ether oxygens (including phenoxy) is 2. The van der Waals surface area contributed by atoms with E-state index in [9.17, 15) is 14.3 Å². The number of quaternary nitrogens is 1. The van der Waals surface area contributed by atoms with E-state index < -0.39 is 13.9 Å². The van der Waals surface area contributed by atoms with Crippen LogP contribution >= 0.6 is 7.82 Å². The Kier molecular flexibility index (Phi) is 33.4. The summed E-state index contributed by atoms with van der Waals surface area (Å²) in [5, 5.41) is 0. The van der Waals surface area contributed by atoms with Crippen molar-refractivity contribution >= 4 is 13.8 Å². The van der Waals surface area contributed by atoms with Crippen molar-refractivity contribution in [2.75, 3.05) is 54.1 Å². The highest BCUT2D eigenvalue weighted by molar-refractivity contribution is 7.45. The predicted molar refractivity (Wildman–Crippen MR) is 204 cm³/mol. The van der Waals surface area contributed by atoms with Gasteiger partial charge in [-0.3, -0.25) is 9.36 Å². The number of unbranched alkanes of at least 4 members (excludes halogenated alkanes) is 19. The fraction of sp³-hybridized carbons (Fsp3) is 0.875. The Morgan fingerprint density at radius 1 is 0.633 bits per heavy atom. The summed E-state index contributed by atoms with van der Waals surface area (Å²) in [5.74, 6) is -0.359. The van der Waals surface area contributed by atoms with Crippen LogP contribution in [-0.2, 0) is 27.9 Å². The van der Waals surface area contributed by atoms with Crippen LogP contribution in [0, 0.1) is 0 Å². The molecule has 0 saturated carbocycles. The SMILES string of the molecule is CCCCCCC/C=C\C/C=C\CCCCCCCCCCCCCCOCC(COP(=O)([O-])OCC[N+](C)(C)C)OC(=O)CCCCC. The molecule has 0 bridgehead atoms. The summed E-state index contributed by atoms with van der Waals surface area (Å²) >= 11 is 0. The number of phosphoric ester groups is 1. The number of carbonyl (C=O) groups excluding carboxylic acids is 1. The molecule has 0 aliphatic carbocycles. The first kappa shape index (κ1) is 48.0. The molecule has 0 saturated heterocycles. The van der Waals surface area contributed by atoms with Gasteiger partial charge in [0.05, 0.1) is 34.4 Å². The highest BCUT2D eigenvalue weighted by Crippen LogP contribution is 2.38. The van der Waals surface area contributed by atoms with Gasteiger partial charge in [-0.25, -0.2) is 0 Å². The molecule has 8 nitrogen and oxygen atoms in total. The third-order valence-electron chi connectivity index (χ3n) is 8.51. The first-order valence-corrected chi connectivity index (χ1v) is 21.5. The van der Waals surface area contributed by atoms with Crippen LogP contribution in [0.5, 0.6) is 0 Å². The van der Waals surface area contributed by atoms with Gasteiger partial charge in [0.25, 0.3) is 7.82 Å². The van der Waals surface area contributed by atoms with E-state index in [-0.39, 0.29) is 25.8 Å². The lowest BCUT2D eigenvalue weighted by Gasteiger charge is -2.28. The van der Waals surface area contributed by atoms with Gasteiger partial charge < -0.3 is 27.9 Å². The van der Waals surface area contributed by atoms with Crippen molar-refractivity contribution < 1.29 is 37.3 Å². The Labute approximate surface area is 303 Å². The molecule has 0 rings (SSSR count). The summed E-state index contributed by atoms with van der Waals surface area (Å²) in [4.78, 5) is 24.5. The van der Waals surface area contributed by atoms with Gasteiger partial charge in [-0.2, -0.15) is 0 Å². The van der Waals surface area contributed by atoms with Crippen LogP contribution in [0.1, 0.15) is 168 Å². The fourth-order valence-electron chi connectivity index (χ4n) is 5.34. The number of allylic oxidation sites excluding steroid dienone is 4. The topological polar surface area (TPSA) is 94.1 Å². The zero-order valence-electron chi connectivity index (χ0n) is 32.6. The molecule has 0 aromatic rings. The molecule has 290 valence electrons. The fourth-order valence-corrected chi connectivity index (χ4v) is 6.07. The van der Waals surface area contributed by atoms with E-state index in [1.807, 2.05) is 21.1 Å². The number of rotatable bonds is 37. The van der Waals surface area contributed by atoms with Crippen molar-refractivity contribution in [1.82, 2.24) is 0 Å². The lowest BCUT2D eigenvalue weighted by Crippen LogP contribution is -2.37. The molecule has 0 aliphatic rings. The molecule has 0 aliphatic heterocycles. The van der Waals surface area contributed by atoms with Crippen molar-refractivity contribution in [3.8, 4) is 0 Å². The van der Waals surface area contributed by atoms with Crippen molar-refractivity contribution in [2.45, 2.75) is 174 Å². The van der Waals surface area contributed by atoms with Gasteiger partial charge in [0.2, 0.25) is 0 Å². The van der Waals surface area contributed by atoms with E-state index in [1.165, 1.54) is 109 Å². The maximum atomic E-state index is 12.3. The Morgan fingerprint density at radius 3 is 1.65 bits per heavy atom. The van der Waals surface area contributed by atoms with E-state index in [0.29, 0.717) is 24.1 Å². The molecular weight excluding hydrogens is 637 g/mol. The van der Waals surface area contributed by atoms with Crippen LogP contribution in [0.4, 0.5) is 0 Å². The number of hydrogen-bond acceptors (Lipinski definition) is 7. The standard InChI is InChI=1S/C40H78NO7P/c1-6-8-10-11-12-13-14-15-16-17-18-19-20-21-22-23-24-25-26-27-28-29-30-32-35-45-37-39(48-40(42)33-31-9-7-2)38-47-49(43,44)46-36-34-41(3,4)5/h14-15,17-18,39H,6-13,16,19-38H2,1-5H3/b15-14-,18-17-. The lowest BCUT2D eigenvalue weighted by atomic mass is 10.0. The smallest absolute Gasteiger partial charge is 0.306 e. The minimum Gasteiger partial charge on any atom is -0.756 e. The van der Waals surface area contributed by atoms with E-state index in [2.05, 4.69) is 38.2 Å². The van der Waals surface area contributed by atoms with Gasteiger partial charge >= 0.3 is 5.97 Å². The van der Waals surface area contributed by atoms with Gasteiger partial charge in [0, 0.05) is 13.0 Å². The summed E-state index contributed by atoms with van der Waals surface area (Å²) in [7, 11) is 1.35. The van der Waals surface area contributed by atoms with Gasteiger partial charge in [0.15, 0.2) is 0 Å². The van der Waals surface area contributed by atoms with Crippen molar-refractivity contribution in [2.24, 2.45) is 0 Å². The van der Waals surface area contributed by atoms with E-state index in [4.69, 9.17) is 18.5 Å². The number of esters is 1. The normalized spacial score (nSPS) is 14.2. The second-order valence-corrected chi connectivity index (χ2v) is 16.1. The third-order valence-corrected chi connectivity index (χ3v) is 9.47. The summed E-state index contributed by atoms with van der Waals surface area (Å²) in [6.07, 6.45) is 37.1. The molecule has 2 unspecified atom stereocenters. The van der Waals surface area contributed by atoms with Gasteiger partial charge in [-0.05, 0) is 44.9 Å². The number of phosphoric acid groups is 1. The number of nitrogens with zero attached hydrogens (tertiary/aromatic N) is 1. The first-order valence-electron chi connectivity index (χ1n) is 20.1. The van der Waals surface area contributed by atoms with Crippen molar-refractivity contribution in [1.29, 1.82) is 0 Å². The van der Waals surface area contributed by atoms with E-state index in [1.54, 1.807) is 0 Å². The lowest BCUT2D eigenvalue weighted by molar-refractivity contribution is -0.870. The minimum atomic E-state index is -4.50. The van der Waals surface area contributed by atoms with Crippen molar-refractivity contribution in [3.63, 3.8) is 0 Å². The Balaban J connectivity index is 3.84. The number of hydrogen-bond donors (Lipinski definition) is 0. The number of carbonyl (C=O) groups is 1. The molecule has 0 spiro atoms. The molecule has 49 heavy (non-hydrogen) atoms. The largest absolute Gasteiger partial charge is 0.756 e. The van der Waals surface area contributed by atoms with E-state index >= 15 is 0 Å². The molecule has 0 fully saturated rings. The second-order valence-electron chi connectivity index (χ2n) is 14.6. The Bertz CT molecular complexity index is 843. The maximum absolute atomic E-state index is 12.3. The summed E-state index contributed by atoms with van der Waals surface area (Å²) in [5.41, 5.74) is 0. The quantitative estimate of drug-likeness (QED) is 0.0208. The zero-order valence-corrected chi connectivity index (χ0v) is 33.5. The Hall–Kier alpha value is -1.02. The molecule has 0 heterocycles. The second kappa shape index (κ2) is 34.1. The monoisotopic (exact) mass is 716 g/mol. The Morgan fingerprint density at radius 2 is 1.12 bits per heavy atom. The minimum absolute atomic E-state index is 0.0263. The third kappa shape index (κ3) is 38.1. The number of likely N-dealkylation sites (N-methyl/N-ethyl adjacent to an activating group) is 1. The van der Waals surface area contributed by atoms with Crippen LogP contribution in [0.25, 0.3) is 0 Å². The van der Waals surface area contributed by atoms with Gasteiger partial charge in [0.1, 0.15) is 19.3 Å². The molecule has 2 atom stereocenters. The molecule has 9 heteroatoms. The van der Waals surface area contributed by atoms with Crippen LogP contribution in [-0.4, -0.2) is 70.7 Å². The highest BCUT2D eigenvalue weighted by atomic mass is 31.2. The predicted octanol–water partition coefficient (Wildman–Crippen LogP) is 10.6. The average Bonchev–Trinajstić information content (AvgIpc) is 3.04. The van der Waals surface area contributed by atoms with Crippen LogP contribution in [0.3, 0.4) is 0 Å². The van der Waals surface area contributed by atoms with Crippen molar-refractivity contribution in [3.05, 3.63) is 24.3 Å². The maximum Gasteiger partial charge on any atom is 0.306 e. The summed E-state index contributed by atoms with van der Waals surface area (Å²) in [6, 6.07) is 0. The zero-order chi connectivity index (χ0) is 36.3. The molecule has 0 aromatic carbocycles. The molecular formula is C40H78NO7P. The van der Waals surface area contributed by atoms with Crippen LogP contribution in [0.15, 0.2) is 24.3 Å². The highest BCUT2D eigenvalue weighted by Gasteiger charge is 2.20. The summed E-state index contributed by atoms with van der Waals surface area (Å²) < 4.78 is 34.1. The summed E-state index contributed by atoms with van der Waals surface area (Å²) in [6.45, 7) is 5.23.